The van der Waals surface area contributed by atoms with Gasteiger partial charge in [0, 0.05) is 5.92 Å². The van der Waals surface area contributed by atoms with Crippen molar-refractivity contribution in [3.63, 3.8) is 0 Å². The molecule has 2 heterocycles. The summed E-state index contributed by atoms with van der Waals surface area (Å²) in [7, 11) is 1.36. The van der Waals surface area contributed by atoms with Gasteiger partial charge in [-0.15, -0.1) is 0 Å². The third-order valence-corrected chi connectivity index (χ3v) is 3.52. The third kappa shape index (κ3) is 1.37. The highest BCUT2D eigenvalue weighted by atomic mass is 16.5. The molecule has 0 bridgehead atoms. The number of methoxy groups -OCH3 is 1. The van der Waals surface area contributed by atoms with Gasteiger partial charge in [-0.2, -0.15) is 0 Å². The van der Waals surface area contributed by atoms with Gasteiger partial charge in [-0.1, -0.05) is 6.92 Å². The molecule has 0 aromatic heterocycles. The second kappa shape index (κ2) is 3.73. The van der Waals surface area contributed by atoms with Crippen LogP contribution in [-0.4, -0.2) is 41.1 Å². The molecular weight excluding hydrogens is 226 g/mol. The first-order valence-corrected chi connectivity index (χ1v) is 5.42. The number of carbonyl (C=O) groups excluding carboxylic acids is 2. The van der Waals surface area contributed by atoms with Crippen LogP contribution >= 0.6 is 0 Å². The summed E-state index contributed by atoms with van der Waals surface area (Å²) >= 11 is 0. The quantitative estimate of drug-likeness (QED) is 0.603. The van der Waals surface area contributed by atoms with Crippen molar-refractivity contribution in [2.24, 2.45) is 11.8 Å². The van der Waals surface area contributed by atoms with Gasteiger partial charge in [-0.25, -0.2) is 0 Å². The van der Waals surface area contributed by atoms with Crippen molar-refractivity contribution in [3.05, 3.63) is 11.5 Å². The van der Waals surface area contributed by atoms with Crippen LogP contribution in [0.5, 0.6) is 0 Å². The summed E-state index contributed by atoms with van der Waals surface area (Å²) in [6.07, 6.45) is -0.801. The fraction of sp³-hybridized carbons (Fsp3) is 0.636. The minimum atomic E-state index is -1.42. The van der Waals surface area contributed by atoms with E-state index in [9.17, 15) is 19.8 Å². The molecule has 0 aliphatic carbocycles. The van der Waals surface area contributed by atoms with Crippen molar-refractivity contribution < 1.29 is 24.5 Å². The van der Waals surface area contributed by atoms with E-state index in [4.69, 9.17) is 4.74 Å². The second-order valence-corrected chi connectivity index (χ2v) is 4.46. The molecule has 1 unspecified atom stereocenters. The zero-order valence-corrected chi connectivity index (χ0v) is 9.84. The highest BCUT2D eigenvalue weighted by Gasteiger charge is 2.59. The van der Waals surface area contributed by atoms with Crippen molar-refractivity contribution in [2.75, 3.05) is 7.11 Å². The van der Waals surface area contributed by atoms with Crippen LogP contribution in [0.3, 0.4) is 0 Å². The van der Waals surface area contributed by atoms with Gasteiger partial charge >= 0.3 is 0 Å². The molecule has 1 fully saturated rings. The van der Waals surface area contributed by atoms with Gasteiger partial charge in [0.25, 0.3) is 0 Å². The first kappa shape index (κ1) is 11.9. The van der Waals surface area contributed by atoms with Crippen molar-refractivity contribution in [1.29, 1.82) is 0 Å². The Morgan fingerprint density at radius 1 is 1.59 bits per heavy atom. The molecule has 94 valence electrons. The van der Waals surface area contributed by atoms with Gasteiger partial charge in [0.2, 0.25) is 5.91 Å². The predicted molar refractivity (Wildman–Crippen MR) is 54.0 cm³/mol. The van der Waals surface area contributed by atoms with Crippen LogP contribution < -0.4 is 5.11 Å². The predicted octanol–water partition coefficient (Wildman–Crippen LogP) is -1.55. The lowest BCUT2D eigenvalue weighted by Gasteiger charge is -2.46. The Hall–Kier alpha value is -1.56. The molecule has 1 saturated heterocycles. The lowest BCUT2D eigenvalue weighted by molar-refractivity contribution is -0.302. The van der Waals surface area contributed by atoms with E-state index in [1.165, 1.54) is 14.0 Å². The minimum absolute atomic E-state index is 0.202. The number of amides is 1. The van der Waals surface area contributed by atoms with Crippen LogP contribution in [0, 0.1) is 11.8 Å². The van der Waals surface area contributed by atoms with Crippen LogP contribution in [-0.2, 0) is 14.3 Å². The summed E-state index contributed by atoms with van der Waals surface area (Å²) in [4.78, 5) is 24.0. The number of carbonyl (C=O) groups is 2. The topological polar surface area (TPSA) is 89.9 Å². The molecule has 0 aromatic rings. The number of hydrogen-bond donors (Lipinski definition) is 1. The van der Waals surface area contributed by atoms with E-state index in [1.54, 1.807) is 6.92 Å². The average molecular weight is 240 g/mol. The number of ether oxygens (including phenoxy) is 1. The Labute approximate surface area is 98.5 Å². The summed E-state index contributed by atoms with van der Waals surface area (Å²) in [5.74, 6) is -2.37. The molecule has 6 nitrogen and oxygen atoms in total. The molecular formula is C11H14NO5-. The fourth-order valence-corrected chi connectivity index (χ4v) is 2.79. The lowest BCUT2D eigenvalue weighted by Crippen LogP contribution is -2.64. The zero-order chi connectivity index (χ0) is 12.9. The van der Waals surface area contributed by atoms with E-state index in [0.717, 1.165) is 4.90 Å². The molecule has 2 rings (SSSR count). The normalized spacial score (nSPS) is 33.3. The monoisotopic (exact) mass is 240 g/mol. The first-order valence-electron chi connectivity index (χ1n) is 5.42. The van der Waals surface area contributed by atoms with E-state index in [1.807, 2.05) is 0 Å². The Kier molecular flexibility index (Phi) is 2.61. The van der Waals surface area contributed by atoms with Crippen molar-refractivity contribution in [2.45, 2.75) is 26.0 Å². The molecule has 2 aliphatic rings. The number of aliphatic hydroxyl groups excluding tert-OH is 1. The van der Waals surface area contributed by atoms with Crippen LogP contribution in [0.1, 0.15) is 13.8 Å². The molecule has 17 heavy (non-hydrogen) atoms. The lowest BCUT2D eigenvalue weighted by atomic mass is 9.79. The molecule has 0 saturated carbocycles. The van der Waals surface area contributed by atoms with Crippen molar-refractivity contribution in [1.82, 2.24) is 4.90 Å². The van der Waals surface area contributed by atoms with E-state index in [-0.39, 0.29) is 29.3 Å². The van der Waals surface area contributed by atoms with Crippen molar-refractivity contribution in [3.8, 4) is 0 Å². The highest BCUT2D eigenvalue weighted by Crippen LogP contribution is 2.46. The SMILES string of the molecule is COC1=C(C(=O)[O-])N2C(=O)[C@H]([C@@H](C)O)C2[C@@H]1C. The number of carboxylic acids is 1. The van der Waals surface area contributed by atoms with Crippen LogP contribution in [0.25, 0.3) is 0 Å². The fourth-order valence-electron chi connectivity index (χ4n) is 2.79. The molecule has 0 spiro atoms. The number of aliphatic carboxylic acids is 1. The van der Waals surface area contributed by atoms with Gasteiger partial charge in [-0.3, -0.25) is 4.79 Å². The standard InChI is InChI=1S/C11H15NO5/c1-4-7-6(5(2)13)10(14)12(7)8(11(15)16)9(4)17-3/h4-7,13H,1-3H3,(H,15,16)/p-1/t4-,5+,6+,7?/m0/s1. The molecule has 4 atom stereocenters. The smallest absolute Gasteiger partial charge is 0.235 e. The molecule has 1 N–H and O–H groups in total. The number of carboxylic acid groups (broad SMARTS) is 1. The van der Waals surface area contributed by atoms with Gasteiger partial charge in [0.15, 0.2) is 0 Å². The van der Waals surface area contributed by atoms with E-state index < -0.39 is 18.0 Å². The maximum Gasteiger partial charge on any atom is 0.235 e. The number of β-lactam (4-membered cyclic amide) rings is 1. The van der Waals surface area contributed by atoms with Crippen LogP contribution in [0.2, 0.25) is 0 Å². The minimum Gasteiger partial charge on any atom is -0.543 e. The highest BCUT2D eigenvalue weighted by molar-refractivity contribution is 5.98. The number of rotatable bonds is 3. The van der Waals surface area contributed by atoms with E-state index >= 15 is 0 Å². The Bertz CT molecular complexity index is 414. The molecule has 0 radical (unpaired) electrons. The van der Waals surface area contributed by atoms with Gasteiger partial charge in [0.05, 0.1) is 31.1 Å². The Morgan fingerprint density at radius 2 is 2.18 bits per heavy atom. The molecule has 6 heteroatoms. The first-order chi connectivity index (χ1) is 7.91. The maximum absolute atomic E-state index is 11.8. The number of fused-ring (bicyclic) bond motifs is 1. The molecule has 0 aromatic carbocycles. The summed E-state index contributed by atoms with van der Waals surface area (Å²) in [6.45, 7) is 3.30. The third-order valence-electron chi connectivity index (χ3n) is 3.52. The number of hydrogen-bond acceptors (Lipinski definition) is 5. The molecule has 1 amide bonds. The summed E-state index contributed by atoms with van der Waals surface area (Å²) in [6, 6.07) is -0.342. The summed E-state index contributed by atoms with van der Waals surface area (Å²) in [5, 5.41) is 20.5. The Balaban J connectivity index is 2.39. The maximum atomic E-state index is 11.8. The molecule has 2 aliphatic heterocycles. The largest absolute Gasteiger partial charge is 0.543 e. The van der Waals surface area contributed by atoms with Gasteiger partial charge < -0.3 is 24.6 Å². The zero-order valence-electron chi connectivity index (χ0n) is 9.84. The number of aliphatic hydroxyl groups is 1. The summed E-state index contributed by atoms with van der Waals surface area (Å²) < 4.78 is 5.04. The van der Waals surface area contributed by atoms with Gasteiger partial charge in [-0.05, 0) is 6.92 Å². The van der Waals surface area contributed by atoms with Crippen LogP contribution in [0.15, 0.2) is 11.5 Å². The van der Waals surface area contributed by atoms with Gasteiger partial charge in [0.1, 0.15) is 11.5 Å². The number of nitrogens with zero attached hydrogens (tertiary/aromatic N) is 1. The van der Waals surface area contributed by atoms with Crippen molar-refractivity contribution >= 4 is 11.9 Å². The second-order valence-electron chi connectivity index (χ2n) is 4.46. The van der Waals surface area contributed by atoms with E-state index in [2.05, 4.69) is 0 Å². The summed E-state index contributed by atoms with van der Waals surface area (Å²) in [5.41, 5.74) is -0.202. The van der Waals surface area contributed by atoms with E-state index in [0.29, 0.717) is 0 Å². The average Bonchev–Trinajstić information content (AvgIpc) is 2.47. The Morgan fingerprint density at radius 3 is 2.59 bits per heavy atom. The van der Waals surface area contributed by atoms with Crippen LogP contribution in [0.4, 0.5) is 0 Å².